The van der Waals surface area contributed by atoms with E-state index in [0.29, 0.717) is 0 Å². The summed E-state index contributed by atoms with van der Waals surface area (Å²) in [5.41, 5.74) is 12.3. The van der Waals surface area contributed by atoms with Gasteiger partial charge in [-0.2, -0.15) is 5.10 Å². The van der Waals surface area contributed by atoms with Crippen LogP contribution in [0, 0.1) is 6.92 Å². The van der Waals surface area contributed by atoms with E-state index >= 15 is 0 Å². The Labute approximate surface area is 90.8 Å². The van der Waals surface area contributed by atoms with Gasteiger partial charge in [0.15, 0.2) is 0 Å². The highest BCUT2D eigenvalue weighted by molar-refractivity contribution is 9.10. The largest absolute Gasteiger partial charge is 0.369 e. The van der Waals surface area contributed by atoms with Gasteiger partial charge in [0, 0.05) is 4.47 Å². The molecule has 4 nitrogen and oxygen atoms in total. The molecule has 0 aliphatic rings. The lowest BCUT2D eigenvalue weighted by Crippen LogP contribution is -2.21. The zero-order valence-electron chi connectivity index (χ0n) is 7.74. The van der Waals surface area contributed by atoms with E-state index in [4.69, 9.17) is 11.5 Å². The molecule has 0 saturated heterocycles. The number of hydrogen-bond acceptors (Lipinski definition) is 2. The topological polar surface area (TPSA) is 76.8 Å². The van der Waals surface area contributed by atoms with Gasteiger partial charge < -0.3 is 11.5 Å². The van der Waals surface area contributed by atoms with Crippen molar-refractivity contribution in [1.29, 1.82) is 0 Å². The molecular formula is C9H11BrN4. The molecule has 0 fully saturated rings. The molecule has 4 N–H and O–H groups in total. The van der Waals surface area contributed by atoms with Crippen LogP contribution in [0.5, 0.6) is 0 Å². The third-order valence-corrected chi connectivity index (χ3v) is 2.45. The number of benzene rings is 1. The average molecular weight is 255 g/mol. The molecular weight excluding hydrogens is 244 g/mol. The fourth-order valence-electron chi connectivity index (χ4n) is 0.910. The summed E-state index contributed by atoms with van der Waals surface area (Å²) in [5.74, 6) is -0.0462. The van der Waals surface area contributed by atoms with Crippen molar-refractivity contribution in [1.82, 2.24) is 0 Å². The monoisotopic (exact) mass is 254 g/mol. The molecule has 0 aromatic heterocycles. The van der Waals surface area contributed by atoms with Gasteiger partial charge in [-0.1, -0.05) is 22.0 Å². The van der Waals surface area contributed by atoms with Crippen LogP contribution in [0.25, 0.3) is 0 Å². The molecule has 0 bridgehead atoms. The minimum Gasteiger partial charge on any atom is -0.369 e. The van der Waals surface area contributed by atoms with Crippen LogP contribution in [0.15, 0.2) is 32.9 Å². The van der Waals surface area contributed by atoms with Crippen molar-refractivity contribution >= 4 is 28.1 Å². The van der Waals surface area contributed by atoms with E-state index in [1.165, 1.54) is 0 Å². The minimum absolute atomic E-state index is 0.0462. The lowest BCUT2D eigenvalue weighted by molar-refractivity contribution is 1.21. The van der Waals surface area contributed by atoms with Crippen molar-refractivity contribution in [2.45, 2.75) is 6.92 Å². The van der Waals surface area contributed by atoms with Crippen molar-refractivity contribution in [2.75, 3.05) is 0 Å². The summed E-state index contributed by atoms with van der Waals surface area (Å²) >= 11 is 3.41. The highest BCUT2D eigenvalue weighted by atomic mass is 79.9. The second kappa shape index (κ2) is 4.76. The molecule has 0 unspecified atom stereocenters. The molecule has 0 saturated carbocycles. The van der Waals surface area contributed by atoms with Gasteiger partial charge in [0.25, 0.3) is 0 Å². The first-order chi connectivity index (χ1) is 6.59. The van der Waals surface area contributed by atoms with Gasteiger partial charge >= 0.3 is 0 Å². The molecule has 74 valence electrons. The average Bonchev–Trinajstić information content (AvgIpc) is 2.10. The standard InChI is InChI=1S/C9H11BrN4/c1-6-4-7(2-3-8(6)10)5-13-14-9(11)12/h2-5H,1H3,(H4,11,12,14)/b13-5+. The summed E-state index contributed by atoms with van der Waals surface area (Å²) in [6, 6.07) is 5.85. The summed E-state index contributed by atoms with van der Waals surface area (Å²) in [6.07, 6.45) is 1.60. The van der Waals surface area contributed by atoms with Crippen molar-refractivity contribution in [2.24, 2.45) is 21.7 Å². The number of aryl methyl sites for hydroxylation is 1. The number of nitrogens with two attached hydrogens (primary N) is 2. The van der Waals surface area contributed by atoms with Gasteiger partial charge in [0.05, 0.1) is 6.21 Å². The Hall–Kier alpha value is -1.36. The second-order valence-corrected chi connectivity index (χ2v) is 3.63. The fourth-order valence-corrected chi connectivity index (χ4v) is 1.16. The molecule has 0 heterocycles. The van der Waals surface area contributed by atoms with E-state index in [1.807, 2.05) is 25.1 Å². The van der Waals surface area contributed by atoms with Crippen LogP contribution in [-0.2, 0) is 0 Å². The molecule has 0 aliphatic heterocycles. The first-order valence-corrected chi connectivity index (χ1v) is 4.77. The fraction of sp³-hybridized carbons (Fsp3) is 0.111. The normalized spacial score (nSPS) is 10.4. The van der Waals surface area contributed by atoms with Gasteiger partial charge in [0.2, 0.25) is 5.96 Å². The summed E-state index contributed by atoms with van der Waals surface area (Å²) < 4.78 is 1.07. The lowest BCUT2D eigenvalue weighted by Gasteiger charge is -1.97. The number of nitrogens with zero attached hydrogens (tertiary/aromatic N) is 2. The van der Waals surface area contributed by atoms with Gasteiger partial charge in [0.1, 0.15) is 0 Å². The Morgan fingerprint density at radius 1 is 1.43 bits per heavy atom. The van der Waals surface area contributed by atoms with Gasteiger partial charge in [-0.3, -0.25) is 0 Å². The molecule has 1 aromatic carbocycles. The Kier molecular flexibility index (Phi) is 3.64. The second-order valence-electron chi connectivity index (χ2n) is 2.78. The molecule has 1 aromatic rings. The van der Waals surface area contributed by atoms with Crippen LogP contribution in [0.4, 0.5) is 0 Å². The summed E-state index contributed by atoms with van der Waals surface area (Å²) in [7, 11) is 0. The van der Waals surface area contributed by atoms with Crippen molar-refractivity contribution in [3.63, 3.8) is 0 Å². The van der Waals surface area contributed by atoms with Gasteiger partial charge in [-0.15, -0.1) is 5.10 Å². The SMILES string of the molecule is Cc1cc(/C=N/N=C(N)N)ccc1Br. The van der Waals surface area contributed by atoms with Crippen molar-refractivity contribution in [3.05, 3.63) is 33.8 Å². The predicted octanol–water partition coefficient (Wildman–Crippen LogP) is 1.36. The third kappa shape index (κ3) is 3.18. The van der Waals surface area contributed by atoms with E-state index in [2.05, 4.69) is 26.1 Å². The Balaban J connectivity index is 2.83. The summed E-state index contributed by atoms with van der Waals surface area (Å²) in [6.45, 7) is 2.00. The summed E-state index contributed by atoms with van der Waals surface area (Å²) in [4.78, 5) is 0. The maximum Gasteiger partial charge on any atom is 0.211 e. The Morgan fingerprint density at radius 2 is 2.14 bits per heavy atom. The van der Waals surface area contributed by atoms with Crippen LogP contribution in [-0.4, -0.2) is 12.2 Å². The molecule has 0 atom stereocenters. The maximum atomic E-state index is 5.12. The number of guanidine groups is 1. The molecule has 0 radical (unpaired) electrons. The molecule has 14 heavy (non-hydrogen) atoms. The minimum atomic E-state index is -0.0462. The molecule has 1 rings (SSSR count). The van der Waals surface area contributed by atoms with E-state index in [0.717, 1.165) is 15.6 Å². The van der Waals surface area contributed by atoms with Gasteiger partial charge in [-0.05, 0) is 30.2 Å². The van der Waals surface area contributed by atoms with E-state index < -0.39 is 0 Å². The first kappa shape index (κ1) is 10.7. The number of halogens is 1. The van der Waals surface area contributed by atoms with E-state index in [1.54, 1.807) is 6.21 Å². The van der Waals surface area contributed by atoms with Gasteiger partial charge in [-0.25, -0.2) is 0 Å². The van der Waals surface area contributed by atoms with Crippen LogP contribution in [0.3, 0.4) is 0 Å². The first-order valence-electron chi connectivity index (χ1n) is 3.97. The number of hydrogen-bond donors (Lipinski definition) is 2. The number of rotatable bonds is 2. The molecule has 0 spiro atoms. The zero-order chi connectivity index (χ0) is 10.6. The quantitative estimate of drug-likeness (QED) is 0.475. The Morgan fingerprint density at radius 3 is 2.71 bits per heavy atom. The summed E-state index contributed by atoms with van der Waals surface area (Å²) in [5, 5.41) is 7.21. The van der Waals surface area contributed by atoms with Crippen LogP contribution in [0.2, 0.25) is 0 Å². The van der Waals surface area contributed by atoms with Crippen LogP contribution in [0.1, 0.15) is 11.1 Å². The van der Waals surface area contributed by atoms with Crippen LogP contribution < -0.4 is 11.5 Å². The highest BCUT2D eigenvalue weighted by Crippen LogP contribution is 2.15. The smallest absolute Gasteiger partial charge is 0.211 e. The van der Waals surface area contributed by atoms with Crippen LogP contribution >= 0.6 is 15.9 Å². The molecule has 5 heteroatoms. The lowest BCUT2D eigenvalue weighted by atomic mass is 10.2. The molecule has 0 amide bonds. The maximum absolute atomic E-state index is 5.12. The predicted molar refractivity (Wildman–Crippen MR) is 62.3 cm³/mol. The third-order valence-electron chi connectivity index (χ3n) is 1.56. The van der Waals surface area contributed by atoms with E-state index in [-0.39, 0.29) is 5.96 Å². The highest BCUT2D eigenvalue weighted by Gasteiger charge is 1.94. The Bertz CT molecular complexity index is 380. The van der Waals surface area contributed by atoms with E-state index in [9.17, 15) is 0 Å². The van der Waals surface area contributed by atoms with Crippen molar-refractivity contribution in [3.8, 4) is 0 Å². The zero-order valence-corrected chi connectivity index (χ0v) is 9.32. The molecule has 0 aliphatic carbocycles. The van der Waals surface area contributed by atoms with Crippen molar-refractivity contribution < 1.29 is 0 Å².